The average molecular weight is 296 g/mol. The third-order valence-corrected chi connectivity index (χ3v) is 3.83. The van der Waals surface area contributed by atoms with Crippen LogP contribution in [-0.2, 0) is 6.42 Å². The van der Waals surface area contributed by atoms with Crippen molar-refractivity contribution in [3.63, 3.8) is 0 Å². The van der Waals surface area contributed by atoms with Crippen molar-refractivity contribution in [2.24, 2.45) is 5.92 Å². The molecular weight excluding hydrogens is 274 g/mol. The van der Waals surface area contributed by atoms with Crippen LogP contribution < -0.4 is 16.0 Å². The number of rotatable bonds is 5. The zero-order valence-electron chi connectivity index (χ0n) is 11.6. The Bertz CT molecular complexity index is 433. The molecule has 2 amide bonds. The summed E-state index contributed by atoms with van der Waals surface area (Å²) in [6.45, 7) is 3.51. The maximum Gasteiger partial charge on any atom is 0.314 e. The van der Waals surface area contributed by atoms with Crippen LogP contribution in [-0.4, -0.2) is 32.2 Å². The highest BCUT2D eigenvalue weighted by molar-refractivity contribution is 6.30. The van der Waals surface area contributed by atoms with E-state index in [2.05, 4.69) is 16.0 Å². The second-order valence-corrected chi connectivity index (χ2v) is 5.65. The topological polar surface area (TPSA) is 53.2 Å². The molecule has 0 spiro atoms. The van der Waals surface area contributed by atoms with E-state index < -0.39 is 0 Å². The second kappa shape index (κ2) is 8.12. The summed E-state index contributed by atoms with van der Waals surface area (Å²) < 4.78 is 0. The Morgan fingerprint density at radius 1 is 1.30 bits per heavy atom. The highest BCUT2D eigenvalue weighted by Gasteiger charge is 2.13. The lowest BCUT2D eigenvalue weighted by molar-refractivity contribution is 0.237. The Hall–Kier alpha value is -1.26. The van der Waals surface area contributed by atoms with Crippen LogP contribution in [0.4, 0.5) is 4.79 Å². The quantitative estimate of drug-likeness (QED) is 0.780. The molecular formula is C15H22ClN3O. The fraction of sp³-hybridized carbons (Fsp3) is 0.533. The van der Waals surface area contributed by atoms with Gasteiger partial charge in [-0.1, -0.05) is 23.7 Å². The van der Waals surface area contributed by atoms with Crippen molar-refractivity contribution in [3.8, 4) is 0 Å². The molecule has 0 saturated carbocycles. The molecule has 1 fully saturated rings. The van der Waals surface area contributed by atoms with Gasteiger partial charge in [0.1, 0.15) is 0 Å². The van der Waals surface area contributed by atoms with Crippen molar-refractivity contribution < 1.29 is 4.79 Å². The molecule has 4 nitrogen and oxygen atoms in total. The van der Waals surface area contributed by atoms with E-state index in [1.165, 1.54) is 0 Å². The molecule has 1 aromatic carbocycles. The largest absolute Gasteiger partial charge is 0.338 e. The predicted octanol–water partition coefficient (Wildman–Crippen LogP) is 2.18. The summed E-state index contributed by atoms with van der Waals surface area (Å²) in [4.78, 5) is 11.7. The highest BCUT2D eigenvalue weighted by atomic mass is 35.5. The van der Waals surface area contributed by atoms with Gasteiger partial charge in [0.25, 0.3) is 0 Å². The van der Waals surface area contributed by atoms with Crippen molar-refractivity contribution in [2.45, 2.75) is 19.3 Å². The number of carbonyl (C=O) groups excluding carboxylic acids is 1. The summed E-state index contributed by atoms with van der Waals surface area (Å²) in [6, 6.07) is 7.64. The smallest absolute Gasteiger partial charge is 0.314 e. The number of urea groups is 1. The van der Waals surface area contributed by atoms with Gasteiger partial charge in [0.2, 0.25) is 0 Å². The summed E-state index contributed by atoms with van der Waals surface area (Å²) in [6.07, 6.45) is 3.08. The Balaban J connectivity index is 1.60. The third-order valence-electron chi connectivity index (χ3n) is 3.60. The lowest BCUT2D eigenvalue weighted by atomic mass is 9.98. The number of carbonyl (C=O) groups is 1. The van der Waals surface area contributed by atoms with E-state index in [1.807, 2.05) is 24.3 Å². The number of nitrogens with one attached hydrogen (secondary N) is 3. The first kappa shape index (κ1) is 15.1. The summed E-state index contributed by atoms with van der Waals surface area (Å²) >= 11 is 5.92. The lowest BCUT2D eigenvalue weighted by Crippen LogP contribution is -2.41. The van der Waals surface area contributed by atoms with Gasteiger partial charge in [-0.25, -0.2) is 4.79 Å². The first-order valence-corrected chi connectivity index (χ1v) is 7.58. The van der Waals surface area contributed by atoms with Crippen molar-refractivity contribution in [1.29, 1.82) is 0 Å². The van der Waals surface area contributed by atoms with E-state index in [4.69, 9.17) is 11.6 Å². The molecule has 1 aliphatic rings. The second-order valence-electron chi connectivity index (χ2n) is 5.21. The van der Waals surface area contributed by atoms with Gasteiger partial charge in [-0.2, -0.15) is 0 Å². The van der Waals surface area contributed by atoms with Crippen molar-refractivity contribution >= 4 is 17.6 Å². The lowest BCUT2D eigenvalue weighted by Gasteiger charge is -2.22. The average Bonchev–Trinajstić information content (AvgIpc) is 2.46. The molecule has 1 saturated heterocycles. The van der Waals surface area contributed by atoms with E-state index in [9.17, 15) is 4.79 Å². The number of halogens is 1. The number of piperidine rings is 1. The molecule has 1 heterocycles. The van der Waals surface area contributed by atoms with E-state index >= 15 is 0 Å². The Morgan fingerprint density at radius 3 is 2.85 bits per heavy atom. The van der Waals surface area contributed by atoms with Crippen LogP contribution in [0.15, 0.2) is 24.3 Å². The Labute approximate surface area is 125 Å². The molecule has 0 aliphatic carbocycles. The molecule has 2 rings (SSSR count). The van der Waals surface area contributed by atoms with Crippen molar-refractivity contribution in [1.82, 2.24) is 16.0 Å². The molecule has 0 atom stereocenters. The van der Waals surface area contributed by atoms with Crippen LogP contribution in [0.2, 0.25) is 5.02 Å². The van der Waals surface area contributed by atoms with Gasteiger partial charge in [0.15, 0.2) is 0 Å². The fourth-order valence-electron chi connectivity index (χ4n) is 2.40. The minimum absolute atomic E-state index is 0.0782. The minimum Gasteiger partial charge on any atom is -0.338 e. The standard InChI is InChI=1S/C15H22ClN3O/c16-14-3-1-2-12(10-14)6-9-18-15(20)19-11-13-4-7-17-8-5-13/h1-3,10,13,17H,4-9,11H2,(H2,18,19,20). The molecule has 110 valence electrons. The van der Waals surface area contributed by atoms with Crippen molar-refractivity contribution in [3.05, 3.63) is 34.9 Å². The molecule has 20 heavy (non-hydrogen) atoms. The fourth-order valence-corrected chi connectivity index (χ4v) is 2.61. The first-order chi connectivity index (χ1) is 9.74. The van der Waals surface area contributed by atoms with E-state index in [-0.39, 0.29) is 6.03 Å². The zero-order valence-corrected chi connectivity index (χ0v) is 12.4. The number of hydrogen-bond acceptors (Lipinski definition) is 2. The van der Waals surface area contributed by atoms with Gasteiger partial charge in [-0.05, 0) is 56.0 Å². The molecule has 0 radical (unpaired) electrons. The van der Waals surface area contributed by atoms with Crippen LogP contribution in [0.1, 0.15) is 18.4 Å². The van der Waals surface area contributed by atoms with Gasteiger partial charge in [-0.15, -0.1) is 0 Å². The molecule has 1 aliphatic heterocycles. The SMILES string of the molecule is O=C(NCCc1cccc(Cl)c1)NCC1CCNCC1. The van der Waals surface area contributed by atoms with Crippen molar-refractivity contribution in [2.75, 3.05) is 26.2 Å². The highest BCUT2D eigenvalue weighted by Crippen LogP contribution is 2.11. The van der Waals surface area contributed by atoms with Crippen LogP contribution in [0, 0.1) is 5.92 Å². The van der Waals surface area contributed by atoms with Crippen LogP contribution in [0.3, 0.4) is 0 Å². The monoisotopic (exact) mass is 295 g/mol. The Morgan fingerprint density at radius 2 is 2.10 bits per heavy atom. The maximum absolute atomic E-state index is 11.7. The number of hydrogen-bond donors (Lipinski definition) is 3. The summed E-state index contributed by atoms with van der Waals surface area (Å²) in [5, 5.41) is 9.88. The number of amides is 2. The van der Waals surface area contributed by atoms with Crippen LogP contribution in [0.25, 0.3) is 0 Å². The van der Waals surface area contributed by atoms with Gasteiger partial charge < -0.3 is 16.0 Å². The molecule has 0 unspecified atom stereocenters. The third kappa shape index (κ3) is 5.39. The molecule has 0 bridgehead atoms. The minimum atomic E-state index is -0.0782. The van der Waals surface area contributed by atoms with E-state index in [1.54, 1.807) is 0 Å². The van der Waals surface area contributed by atoms with Gasteiger partial charge >= 0.3 is 6.03 Å². The van der Waals surface area contributed by atoms with Gasteiger partial charge in [-0.3, -0.25) is 0 Å². The molecule has 5 heteroatoms. The van der Waals surface area contributed by atoms with Gasteiger partial charge in [0.05, 0.1) is 0 Å². The predicted molar refractivity (Wildman–Crippen MR) is 82.2 cm³/mol. The van der Waals surface area contributed by atoms with Crippen LogP contribution >= 0.6 is 11.6 Å². The first-order valence-electron chi connectivity index (χ1n) is 7.21. The van der Waals surface area contributed by atoms with Gasteiger partial charge in [0, 0.05) is 18.1 Å². The zero-order chi connectivity index (χ0) is 14.2. The molecule has 0 aromatic heterocycles. The van der Waals surface area contributed by atoms with Crippen LogP contribution in [0.5, 0.6) is 0 Å². The Kier molecular flexibility index (Phi) is 6.15. The summed E-state index contributed by atoms with van der Waals surface area (Å²) in [5.74, 6) is 0.606. The molecule has 1 aromatic rings. The summed E-state index contributed by atoms with van der Waals surface area (Å²) in [7, 11) is 0. The maximum atomic E-state index is 11.7. The van der Waals surface area contributed by atoms with E-state index in [0.717, 1.165) is 49.5 Å². The molecule has 3 N–H and O–H groups in total. The van der Waals surface area contributed by atoms with E-state index in [0.29, 0.717) is 12.5 Å². The summed E-state index contributed by atoms with van der Waals surface area (Å²) in [5.41, 5.74) is 1.14. The number of benzene rings is 1. The normalized spacial score (nSPS) is 15.8.